The molecule has 0 spiro atoms. The molecule has 92 heavy (non-hydrogen) atoms. The molecule has 17 N–H and O–H groups in total. The van der Waals surface area contributed by atoms with E-state index in [1.165, 1.54) is 6.92 Å². The number of carbonyl (C=O) groups is 7. The molecule has 1 radical (unpaired) electrons. The number of benzene rings is 1. The molecular weight excluding hydrogens is 1250 g/mol. The van der Waals surface area contributed by atoms with Crippen LogP contribution >= 0.6 is 7.82 Å². The van der Waals surface area contributed by atoms with Crippen LogP contribution in [0.1, 0.15) is 144 Å². The molecule has 27 nitrogen and oxygen atoms in total. The van der Waals surface area contributed by atoms with Gasteiger partial charge in [0.2, 0.25) is 41.4 Å². The monoisotopic (exact) mass is 1350 g/mol. The predicted molar refractivity (Wildman–Crippen MR) is 342 cm³/mol. The maximum Gasteiger partial charge on any atom is 0.472 e. The molecule has 0 aromatic heterocycles. The fourth-order valence-corrected chi connectivity index (χ4v) is 17.5. The summed E-state index contributed by atoms with van der Waals surface area (Å²) in [4.78, 5) is 106. The van der Waals surface area contributed by atoms with Crippen LogP contribution < -0.4 is 49.9 Å². The van der Waals surface area contributed by atoms with Crippen molar-refractivity contribution in [2.24, 2.45) is 79.7 Å². The number of anilines is 2. The molecule has 7 aliphatic rings. The average molecular weight is 1350 g/mol. The normalized spacial score (nSPS) is 36.4. The fourth-order valence-electron chi connectivity index (χ4n) is 16.3. The molecule has 0 aliphatic carbocycles. The quantitative estimate of drug-likeness (QED) is 0.0431. The van der Waals surface area contributed by atoms with Gasteiger partial charge < -0.3 is 98.5 Å². The summed E-state index contributed by atoms with van der Waals surface area (Å²) in [5.41, 5.74) is 36.6. The van der Waals surface area contributed by atoms with Gasteiger partial charge in [-0.1, -0.05) is 53.6 Å². The van der Waals surface area contributed by atoms with Gasteiger partial charge in [-0.25, -0.2) is 4.57 Å². The number of primary amides is 6. The maximum absolute atomic E-state index is 14.4. The van der Waals surface area contributed by atoms with Crippen molar-refractivity contribution in [3.63, 3.8) is 0 Å². The smallest absolute Gasteiger partial charge is 0.472 e. The summed E-state index contributed by atoms with van der Waals surface area (Å²) in [7, 11) is -5.05. The average Bonchev–Trinajstić information content (AvgIpc) is 1.53. The van der Waals surface area contributed by atoms with E-state index in [1.807, 2.05) is 87.4 Å². The summed E-state index contributed by atoms with van der Waals surface area (Å²) in [5, 5.41) is 50.3. The zero-order valence-corrected chi connectivity index (χ0v) is 56.9. The number of aryl methyl sites for hydroxylation is 2. The van der Waals surface area contributed by atoms with Crippen molar-refractivity contribution >= 4 is 60.5 Å². The first-order chi connectivity index (χ1) is 41.8. The summed E-state index contributed by atoms with van der Waals surface area (Å²) in [5.74, 6) is -6.84. The van der Waals surface area contributed by atoms with Crippen LogP contribution in [0.25, 0.3) is 21.3 Å². The topological polar surface area (TPSA) is 465 Å². The Kier molecular flexibility index (Phi) is 23.1. The van der Waals surface area contributed by atoms with E-state index in [1.54, 1.807) is 4.90 Å². The van der Waals surface area contributed by atoms with Crippen LogP contribution in [0, 0.1) is 66.6 Å². The zero-order valence-electron chi connectivity index (χ0n) is 55.0. The molecule has 5 fully saturated rings. The number of rotatable bonds is 26. The number of amides is 7. The van der Waals surface area contributed by atoms with Crippen LogP contribution in [-0.2, 0) is 68.7 Å². The second-order valence-electron chi connectivity index (χ2n) is 27.7. The van der Waals surface area contributed by atoms with Gasteiger partial charge in [-0.3, -0.25) is 42.6 Å². The second kappa shape index (κ2) is 28.3. The van der Waals surface area contributed by atoms with Crippen LogP contribution in [0.15, 0.2) is 46.4 Å². The maximum atomic E-state index is 14.4. The third-order valence-corrected chi connectivity index (χ3v) is 22.5. The minimum absolute atomic E-state index is 0. The Morgan fingerprint density at radius 1 is 0.761 bits per heavy atom. The number of aliphatic hydroxyl groups excluding tert-OH is 2. The summed E-state index contributed by atoms with van der Waals surface area (Å²) in [6, 6.07) is 0.577. The minimum atomic E-state index is -5.05. The molecule has 1 aromatic carbocycles. The number of hydrogen-bond acceptors (Lipinski definition) is 15. The second-order valence-corrected chi connectivity index (χ2v) is 29.1. The van der Waals surface area contributed by atoms with E-state index < -0.39 is 161 Å². The summed E-state index contributed by atoms with van der Waals surface area (Å²) in [6.45, 7) is 19.8. The Bertz CT molecular complexity index is 3190. The number of hydrogen-bond donors (Lipinski definition) is 11. The molecule has 7 heterocycles. The number of phosphoric ester groups is 1. The molecule has 8 rings (SSSR count). The van der Waals surface area contributed by atoms with Crippen molar-refractivity contribution in [1.82, 2.24) is 5.32 Å². The molecule has 1 aromatic rings. The summed E-state index contributed by atoms with van der Waals surface area (Å²) >= 11 is 0. The molecule has 7 amide bonds. The molecule has 4 unspecified atom stereocenters. The van der Waals surface area contributed by atoms with Crippen molar-refractivity contribution in [3.8, 4) is 0 Å². The third kappa shape index (κ3) is 14.4. The van der Waals surface area contributed by atoms with Gasteiger partial charge in [0.05, 0.1) is 30.8 Å². The molecular formula is C63H97CoN13O14P-5. The molecule has 5 saturated heterocycles. The van der Waals surface area contributed by atoms with Crippen LogP contribution in [-0.4, -0.2) is 137 Å². The predicted octanol–water partition coefficient (Wildman–Crippen LogP) is 4.97. The molecule has 8 bridgehead atoms. The van der Waals surface area contributed by atoms with E-state index in [0.29, 0.717) is 28.2 Å². The number of nitrogens with zero attached hydrogens (tertiary/aromatic N) is 5. The molecule has 517 valence electrons. The number of fused-ring (bicyclic) bond motifs is 10. The number of carbonyl (C=O) groups excluding carboxylic acids is 7. The van der Waals surface area contributed by atoms with E-state index in [0.717, 1.165) is 22.5 Å². The first-order valence-electron chi connectivity index (χ1n) is 31.1. The van der Waals surface area contributed by atoms with E-state index in [9.17, 15) is 53.2 Å². The van der Waals surface area contributed by atoms with Gasteiger partial charge in [0.1, 0.15) is 18.3 Å². The molecule has 18 atom stereocenters. The van der Waals surface area contributed by atoms with E-state index >= 15 is 0 Å². The van der Waals surface area contributed by atoms with Gasteiger partial charge in [0.25, 0.3) is 0 Å². The van der Waals surface area contributed by atoms with Gasteiger partial charge in [0, 0.05) is 68.3 Å². The Hall–Kier alpha value is -5.81. The SMILES string of the molecule is C/C1=C2/[N-][C@H]([C@H](CC(N)=O)[C@@]2(C)CCC(=O)NC[C@@H](C)OP(=O)(O)O[C@H]2[C@@H](O)[C@@H](N3CNc4cc(C)c(C)cc43)O[C@@H]2CO)[C@]2(C)[N-]C(/C(C)=C3\[N-]C(/C=C4\[N-]C1[C@@H](CCC(N)=O)C4(C)C)[C@@H](CCC(N)=O)[C@]3(C)CC(N)=O)[C@@H](CCC(N)=O)[C@]2(C)CC(N)=O.[CH3-].[Co]. The molecule has 7 aliphatic heterocycles. The van der Waals surface area contributed by atoms with Gasteiger partial charge in [-0.2, -0.15) is 17.1 Å². The Labute approximate surface area is 550 Å². The Morgan fingerprint density at radius 3 is 1.90 bits per heavy atom. The zero-order chi connectivity index (χ0) is 66.7. The van der Waals surface area contributed by atoms with E-state index in [4.69, 9.17) is 69.5 Å². The van der Waals surface area contributed by atoms with Gasteiger partial charge in [-0.15, -0.1) is 34.8 Å². The van der Waals surface area contributed by atoms with E-state index in [-0.39, 0.29) is 108 Å². The number of nitrogens with one attached hydrogen (secondary N) is 2. The van der Waals surface area contributed by atoms with Crippen LogP contribution in [0.3, 0.4) is 0 Å². The molecule has 0 saturated carbocycles. The number of phosphoric acid groups is 1. The van der Waals surface area contributed by atoms with Crippen molar-refractivity contribution in [3.05, 3.63) is 86.3 Å². The van der Waals surface area contributed by atoms with Crippen molar-refractivity contribution < 1.29 is 83.8 Å². The largest absolute Gasteiger partial charge is 0.685 e. The summed E-state index contributed by atoms with van der Waals surface area (Å²) < 4.78 is 30.8. The Morgan fingerprint density at radius 2 is 1.33 bits per heavy atom. The first-order valence-corrected chi connectivity index (χ1v) is 32.5. The standard InChI is InChI=1S/C62H94N13O14P.CH3.Co/c1-29-20-39-40(21-30(29)2)75(28-70-39)57-52(84)53(41(27-76)87-57)89-90(85,86)88-31(3)26-69-49(83)18-19-59(8)37(22-46(66)80)56-62(11)61(10,25-48(68)82)36(14-17-45(65)79)51(74-62)33(5)55-60(9,24-47(67)81)34(12-15-43(63)77)38(71-55)23-42-58(6,7)35(13-16-44(64)78)50(72-42)32(4)54(59)73-56;;/h20-21,23,31,34-38,41,50-53,56-57,70,76,84H,12-19,22,24-28H2,1-11H3,(H2,63,77)(H2,64,78)(H2,65,79)(H2,66,80)(H2,67,81)(H2,68,82)(H,69,83)(H,85,86);1H3;/q-4;-1;/b42-23-,54-32-,55-33-;;/t31-,34-,35-,36-,37+,38?,41-,50?,51?,52-,53-,56-,57+,59-,60+,61+,62+;;/m1../s1. The number of nitrogens with two attached hydrogens (primary N) is 6. The van der Waals surface area contributed by atoms with Crippen LogP contribution in [0.4, 0.5) is 11.4 Å². The summed E-state index contributed by atoms with van der Waals surface area (Å²) in [6.07, 6.45) is -5.17. The van der Waals surface area contributed by atoms with E-state index in [2.05, 4.69) is 10.6 Å². The fraction of sp³-hybridized carbons (Fsp3) is 0.683. The van der Waals surface area contributed by atoms with Gasteiger partial charge in [0.15, 0.2) is 6.23 Å². The number of allylic oxidation sites excluding steroid dienone is 3. The van der Waals surface area contributed by atoms with Crippen LogP contribution in [0.5, 0.6) is 0 Å². The van der Waals surface area contributed by atoms with Crippen molar-refractivity contribution in [1.29, 1.82) is 0 Å². The first kappa shape index (κ1) is 75.2. The third-order valence-electron chi connectivity index (χ3n) is 21.4. The van der Waals surface area contributed by atoms with Crippen molar-refractivity contribution in [2.75, 3.05) is 30.0 Å². The van der Waals surface area contributed by atoms with Crippen LogP contribution in [0.2, 0.25) is 0 Å². The Balaban J connectivity index is 0.00000672. The minimum Gasteiger partial charge on any atom is -0.685 e. The number of aliphatic hydroxyl groups is 2. The van der Waals surface area contributed by atoms with Gasteiger partial charge in [-0.05, 0) is 129 Å². The van der Waals surface area contributed by atoms with Gasteiger partial charge >= 0.3 is 7.82 Å². The molecule has 29 heteroatoms. The van der Waals surface area contributed by atoms with Crippen molar-refractivity contribution in [2.45, 2.75) is 207 Å². The number of ether oxygens (including phenoxy) is 1.